The minimum Gasteiger partial charge on any atom is -0.390 e. The predicted octanol–water partition coefficient (Wildman–Crippen LogP) is 5.71. The van der Waals surface area contributed by atoms with Crippen molar-refractivity contribution in [3.8, 4) is 12.1 Å². The summed E-state index contributed by atoms with van der Waals surface area (Å²) in [6, 6.07) is 14.9. The number of amides is 6. The molecule has 0 spiro atoms. The zero-order chi connectivity index (χ0) is 33.0. The molecule has 6 amide bonds. The Bertz CT molecular complexity index is 1510. The van der Waals surface area contributed by atoms with E-state index in [1.807, 2.05) is 6.07 Å². The molecule has 14 heteroatoms. The smallest absolute Gasteiger partial charge is 0.326 e. The third kappa shape index (κ3) is 14.3. The topological polar surface area (TPSA) is 188 Å². The second-order valence-corrected chi connectivity index (χ2v) is 10.5. The van der Waals surface area contributed by atoms with Crippen molar-refractivity contribution in [2.75, 3.05) is 23.7 Å². The molecule has 2 aromatic rings. The number of anilines is 2. The van der Waals surface area contributed by atoms with Crippen LogP contribution in [0, 0.1) is 22.7 Å². The molecule has 0 fully saturated rings. The summed E-state index contributed by atoms with van der Waals surface area (Å²) >= 11 is 11.7. The first-order valence-corrected chi connectivity index (χ1v) is 14.8. The second-order valence-electron chi connectivity index (χ2n) is 9.62. The number of carbonyl (C=O) groups excluding carboxylic acids is 4. The second kappa shape index (κ2) is 20.0. The Kier molecular flexibility index (Phi) is 16.1. The lowest BCUT2D eigenvalue weighted by atomic mass is 10.1. The third-order valence-electron chi connectivity index (χ3n) is 6.08. The number of hydrogen-bond donors (Lipinski definition) is 6. The molecular weight excluding hydrogens is 619 g/mol. The molecule has 45 heavy (non-hydrogen) atoms. The number of nitrogens with zero attached hydrogens (tertiary/aromatic N) is 2. The highest BCUT2D eigenvalue weighted by molar-refractivity contribution is 6.31. The number of rotatable bonds is 15. The summed E-state index contributed by atoms with van der Waals surface area (Å²) in [5.41, 5.74) is 0.770. The average Bonchev–Trinajstić information content (AvgIpc) is 2.98. The number of nitrogens with one attached hydrogen (secondary N) is 6. The third-order valence-corrected chi connectivity index (χ3v) is 6.55. The zero-order valence-electron chi connectivity index (χ0n) is 24.6. The normalized spacial score (nSPS) is 11.2. The molecule has 0 saturated heterocycles. The van der Waals surface area contributed by atoms with Crippen LogP contribution in [0.1, 0.15) is 45.4 Å². The van der Waals surface area contributed by atoms with Crippen LogP contribution in [0.15, 0.2) is 71.6 Å². The molecule has 0 aliphatic rings. The van der Waals surface area contributed by atoms with Gasteiger partial charge in [0.05, 0.1) is 0 Å². The SMILES string of the molecule is C/C(NCCCCCCCCN/C=C(/C#N)C(=O)NC(=O)Nc1cccc(Cl)c1)=C(\C#N)C(=O)NC(=O)Nc1cccc(Cl)c1. The van der Waals surface area contributed by atoms with Crippen molar-refractivity contribution in [2.24, 2.45) is 0 Å². The maximum atomic E-state index is 12.4. The van der Waals surface area contributed by atoms with E-state index >= 15 is 0 Å². The molecule has 0 aliphatic carbocycles. The lowest BCUT2D eigenvalue weighted by Gasteiger charge is -2.10. The maximum Gasteiger partial charge on any atom is 0.326 e. The minimum atomic E-state index is -0.829. The van der Waals surface area contributed by atoms with E-state index in [-0.39, 0.29) is 11.1 Å². The molecular formula is C31H34Cl2N8O4. The molecule has 236 valence electrons. The first kappa shape index (κ1) is 36.2. The number of urea groups is 2. The van der Waals surface area contributed by atoms with E-state index in [4.69, 9.17) is 23.2 Å². The largest absolute Gasteiger partial charge is 0.390 e. The van der Waals surface area contributed by atoms with E-state index in [1.54, 1.807) is 49.4 Å². The Balaban J connectivity index is 1.59. The van der Waals surface area contributed by atoms with Crippen LogP contribution < -0.4 is 31.9 Å². The van der Waals surface area contributed by atoms with Gasteiger partial charge in [0, 0.05) is 46.4 Å². The molecule has 0 aliphatic heterocycles. The van der Waals surface area contributed by atoms with Crippen molar-refractivity contribution in [3.63, 3.8) is 0 Å². The van der Waals surface area contributed by atoms with Gasteiger partial charge in [-0.1, -0.05) is 61.0 Å². The lowest BCUT2D eigenvalue weighted by molar-refractivity contribution is -0.116. The maximum absolute atomic E-state index is 12.4. The van der Waals surface area contributed by atoms with Crippen LogP contribution in [0.2, 0.25) is 10.0 Å². The number of hydrogen-bond acceptors (Lipinski definition) is 8. The van der Waals surface area contributed by atoms with Gasteiger partial charge in [0.2, 0.25) is 0 Å². The number of allylic oxidation sites excluding steroid dienone is 1. The average molecular weight is 654 g/mol. The van der Waals surface area contributed by atoms with Crippen molar-refractivity contribution in [1.29, 1.82) is 10.5 Å². The highest BCUT2D eigenvalue weighted by Crippen LogP contribution is 2.15. The predicted molar refractivity (Wildman–Crippen MR) is 173 cm³/mol. The standard InChI is InChI=1S/C31H34Cl2N8O4/c1-21(27(19-35)29(43)41-31(45)39-26-13-9-11-24(33)17-26)37-15-7-5-3-2-4-6-14-36-20-22(18-34)28(42)40-30(44)38-25-12-8-10-23(32)16-25/h8-13,16-17,20,36-37H,2-7,14-15H2,1H3,(H2,38,40,42,44)(H2,39,41,43,45)/b22-20-,27-21-. The monoisotopic (exact) mass is 652 g/mol. The van der Waals surface area contributed by atoms with Gasteiger partial charge in [0.1, 0.15) is 23.3 Å². The first-order valence-electron chi connectivity index (χ1n) is 14.1. The summed E-state index contributed by atoms with van der Waals surface area (Å²) in [5.74, 6) is -1.64. The molecule has 6 N–H and O–H groups in total. The van der Waals surface area contributed by atoms with E-state index in [0.29, 0.717) is 40.2 Å². The minimum absolute atomic E-state index is 0.185. The number of nitriles is 2. The number of carbonyl (C=O) groups is 4. The Labute approximate surface area is 271 Å². The van der Waals surface area contributed by atoms with Gasteiger partial charge in [-0.05, 0) is 56.2 Å². The fourth-order valence-corrected chi connectivity index (χ4v) is 4.22. The fourth-order valence-electron chi connectivity index (χ4n) is 3.84. The molecule has 12 nitrogen and oxygen atoms in total. The Morgan fingerprint density at radius 1 is 0.733 bits per heavy atom. The van der Waals surface area contributed by atoms with Crippen molar-refractivity contribution in [1.82, 2.24) is 21.3 Å². The van der Waals surface area contributed by atoms with Gasteiger partial charge in [0.25, 0.3) is 11.8 Å². The van der Waals surface area contributed by atoms with Crippen LogP contribution in [0.3, 0.4) is 0 Å². The van der Waals surface area contributed by atoms with E-state index in [1.165, 1.54) is 18.3 Å². The van der Waals surface area contributed by atoms with Gasteiger partial charge in [0.15, 0.2) is 0 Å². The van der Waals surface area contributed by atoms with E-state index in [9.17, 15) is 29.7 Å². The van der Waals surface area contributed by atoms with Crippen LogP contribution in [0.4, 0.5) is 21.0 Å². The van der Waals surface area contributed by atoms with Gasteiger partial charge in [-0.15, -0.1) is 0 Å². The molecule has 0 bridgehead atoms. The van der Waals surface area contributed by atoms with Crippen molar-refractivity contribution < 1.29 is 19.2 Å². The molecule has 0 atom stereocenters. The van der Waals surface area contributed by atoms with Crippen LogP contribution >= 0.6 is 23.2 Å². The summed E-state index contributed by atoms with van der Waals surface area (Å²) in [6.45, 7) is 2.71. The number of unbranched alkanes of at least 4 members (excludes halogenated alkanes) is 5. The number of halogens is 2. The summed E-state index contributed by atoms with van der Waals surface area (Å²) in [6.07, 6.45) is 6.73. The molecule has 0 unspecified atom stereocenters. The molecule has 0 radical (unpaired) electrons. The molecule has 2 aromatic carbocycles. The summed E-state index contributed by atoms with van der Waals surface area (Å²) < 4.78 is 0. The van der Waals surface area contributed by atoms with Gasteiger partial charge in [-0.25, -0.2) is 9.59 Å². The van der Waals surface area contributed by atoms with Crippen LogP contribution in [-0.2, 0) is 9.59 Å². The van der Waals surface area contributed by atoms with Crippen LogP contribution in [0.5, 0.6) is 0 Å². The number of benzene rings is 2. The molecule has 0 saturated carbocycles. The molecule has 2 rings (SSSR count). The lowest BCUT2D eigenvalue weighted by Crippen LogP contribution is -2.36. The Morgan fingerprint density at radius 2 is 1.24 bits per heavy atom. The summed E-state index contributed by atoms with van der Waals surface area (Å²) in [4.78, 5) is 48.7. The Hall–Kier alpha value is -5.04. The Morgan fingerprint density at radius 3 is 1.76 bits per heavy atom. The summed E-state index contributed by atoms with van der Waals surface area (Å²) in [7, 11) is 0. The zero-order valence-corrected chi connectivity index (χ0v) is 26.1. The van der Waals surface area contributed by atoms with Gasteiger partial charge < -0.3 is 21.3 Å². The highest BCUT2D eigenvalue weighted by atomic mass is 35.5. The number of imide groups is 2. The molecule has 0 heterocycles. The van der Waals surface area contributed by atoms with Crippen LogP contribution in [0.25, 0.3) is 0 Å². The van der Waals surface area contributed by atoms with Gasteiger partial charge in [-0.3, -0.25) is 20.2 Å². The van der Waals surface area contributed by atoms with Crippen LogP contribution in [-0.4, -0.2) is 37.0 Å². The van der Waals surface area contributed by atoms with E-state index in [2.05, 4.69) is 31.9 Å². The van der Waals surface area contributed by atoms with E-state index < -0.39 is 23.9 Å². The van der Waals surface area contributed by atoms with E-state index in [0.717, 1.165) is 38.5 Å². The quantitative estimate of drug-likeness (QED) is 0.0800. The van der Waals surface area contributed by atoms with Crippen molar-refractivity contribution in [3.05, 3.63) is 81.6 Å². The van der Waals surface area contributed by atoms with Crippen molar-refractivity contribution in [2.45, 2.75) is 45.4 Å². The fraction of sp³-hybridized carbons (Fsp3) is 0.290. The first-order chi connectivity index (χ1) is 21.6. The van der Waals surface area contributed by atoms with Gasteiger partial charge >= 0.3 is 12.1 Å². The summed E-state index contributed by atoms with van der Waals surface area (Å²) in [5, 5.41) is 34.7. The highest BCUT2D eigenvalue weighted by Gasteiger charge is 2.16. The van der Waals surface area contributed by atoms with Gasteiger partial charge in [-0.2, -0.15) is 10.5 Å². The molecule has 0 aromatic heterocycles. The van der Waals surface area contributed by atoms with Crippen molar-refractivity contribution >= 4 is 58.5 Å².